The Morgan fingerprint density at radius 1 is 1.42 bits per heavy atom. The van der Waals surface area contributed by atoms with Crippen LogP contribution in [-0.4, -0.2) is 33.3 Å². The van der Waals surface area contributed by atoms with Crippen LogP contribution in [0.2, 0.25) is 5.02 Å². The molecule has 19 heavy (non-hydrogen) atoms. The van der Waals surface area contributed by atoms with Gasteiger partial charge in [0.25, 0.3) is 0 Å². The molecule has 0 amide bonds. The van der Waals surface area contributed by atoms with E-state index in [0.29, 0.717) is 5.92 Å². The van der Waals surface area contributed by atoms with Crippen LogP contribution in [0.5, 0.6) is 0 Å². The van der Waals surface area contributed by atoms with Gasteiger partial charge < -0.3 is 5.32 Å². The molecule has 2 atom stereocenters. The summed E-state index contributed by atoms with van der Waals surface area (Å²) in [6.07, 6.45) is 3.82. The second kappa shape index (κ2) is 5.67. The third-order valence-electron chi connectivity index (χ3n) is 3.59. The van der Waals surface area contributed by atoms with E-state index in [1.54, 1.807) is 4.80 Å². The fourth-order valence-corrected chi connectivity index (χ4v) is 2.93. The molecule has 0 saturated carbocycles. The highest BCUT2D eigenvalue weighted by molar-refractivity contribution is 6.30. The van der Waals surface area contributed by atoms with Crippen molar-refractivity contribution in [1.29, 1.82) is 0 Å². The number of piperidine rings is 1. The molecule has 1 N–H and O–H groups in total. The molecule has 1 saturated heterocycles. The molecule has 1 aliphatic heterocycles. The summed E-state index contributed by atoms with van der Waals surface area (Å²) in [5, 5.41) is 16.3. The monoisotopic (exact) mass is 277 g/mol. The molecule has 0 bridgehead atoms. The third kappa shape index (κ3) is 2.77. The molecule has 0 aliphatic carbocycles. The van der Waals surface area contributed by atoms with Crippen molar-refractivity contribution in [2.45, 2.75) is 18.9 Å². The number of rotatable bonds is 3. The van der Waals surface area contributed by atoms with Gasteiger partial charge in [-0.15, -0.1) is 10.2 Å². The van der Waals surface area contributed by atoms with Crippen LogP contribution in [0.1, 0.15) is 24.4 Å². The highest BCUT2D eigenvalue weighted by Gasteiger charge is 2.28. The van der Waals surface area contributed by atoms with Crippen LogP contribution in [0.15, 0.2) is 30.6 Å². The lowest BCUT2D eigenvalue weighted by molar-refractivity contribution is 0.261. The molecule has 1 aliphatic rings. The van der Waals surface area contributed by atoms with Crippen molar-refractivity contribution in [2.75, 3.05) is 13.1 Å². The second-order valence-electron chi connectivity index (χ2n) is 4.86. The van der Waals surface area contributed by atoms with Crippen molar-refractivity contribution in [3.8, 4) is 0 Å². The first-order valence-corrected chi connectivity index (χ1v) is 6.91. The first-order chi connectivity index (χ1) is 9.34. The summed E-state index contributed by atoms with van der Waals surface area (Å²) in [7, 11) is 0. The van der Waals surface area contributed by atoms with E-state index in [4.69, 9.17) is 11.6 Å². The average molecular weight is 278 g/mol. The molecule has 2 aromatic rings. The molecule has 6 heteroatoms. The Bertz CT molecular complexity index is 522. The lowest BCUT2D eigenvalue weighted by Crippen LogP contribution is -2.36. The Labute approximate surface area is 117 Å². The second-order valence-corrected chi connectivity index (χ2v) is 5.30. The Balaban J connectivity index is 1.96. The molecular formula is C13H16ClN5. The van der Waals surface area contributed by atoms with E-state index in [1.165, 1.54) is 12.7 Å². The van der Waals surface area contributed by atoms with Crippen molar-refractivity contribution in [3.63, 3.8) is 0 Å². The van der Waals surface area contributed by atoms with Gasteiger partial charge in [0.2, 0.25) is 0 Å². The molecule has 1 aromatic heterocycles. The van der Waals surface area contributed by atoms with Gasteiger partial charge in [0, 0.05) is 11.6 Å². The van der Waals surface area contributed by atoms with Crippen molar-refractivity contribution in [2.24, 2.45) is 5.92 Å². The van der Waals surface area contributed by atoms with Gasteiger partial charge in [0.1, 0.15) is 6.04 Å². The molecule has 100 valence electrons. The summed E-state index contributed by atoms with van der Waals surface area (Å²) < 4.78 is 0. The summed E-state index contributed by atoms with van der Waals surface area (Å²) in [4.78, 5) is 1.70. The Kier molecular flexibility index (Phi) is 3.75. The first-order valence-electron chi connectivity index (χ1n) is 6.53. The molecule has 5 nitrogen and oxygen atoms in total. The standard InChI is InChI=1S/C13H16ClN5/c14-12-5-1-3-10(7-12)13(19-17-9-16-18-19)11-4-2-6-15-8-11/h1,3,5,7,9,11,13,15H,2,4,6,8H2/t11-,13?/m0/s1. The minimum absolute atomic E-state index is 0.0917. The SMILES string of the molecule is Clc1cccc(C([C@H]2CCCNC2)n2ncnn2)c1. The van der Waals surface area contributed by atoms with Crippen molar-refractivity contribution in [1.82, 2.24) is 25.5 Å². The number of tetrazole rings is 1. The lowest BCUT2D eigenvalue weighted by atomic mass is 9.87. The summed E-state index contributed by atoms with van der Waals surface area (Å²) >= 11 is 6.11. The Morgan fingerprint density at radius 2 is 2.37 bits per heavy atom. The van der Waals surface area contributed by atoms with Gasteiger partial charge in [-0.1, -0.05) is 23.7 Å². The Morgan fingerprint density at radius 3 is 3.05 bits per heavy atom. The zero-order chi connectivity index (χ0) is 13.1. The van der Waals surface area contributed by atoms with E-state index in [-0.39, 0.29) is 6.04 Å². The minimum atomic E-state index is 0.0917. The van der Waals surface area contributed by atoms with E-state index < -0.39 is 0 Å². The van der Waals surface area contributed by atoms with Crippen molar-refractivity contribution < 1.29 is 0 Å². The fraction of sp³-hybridized carbons (Fsp3) is 0.462. The fourth-order valence-electron chi connectivity index (χ4n) is 2.74. The molecular weight excluding hydrogens is 262 g/mol. The number of halogens is 1. The zero-order valence-electron chi connectivity index (χ0n) is 10.5. The third-order valence-corrected chi connectivity index (χ3v) is 3.82. The van der Waals surface area contributed by atoms with E-state index in [9.17, 15) is 0 Å². The van der Waals surface area contributed by atoms with Crippen molar-refractivity contribution >= 4 is 11.6 Å². The topological polar surface area (TPSA) is 55.6 Å². The van der Waals surface area contributed by atoms with Gasteiger partial charge in [-0.3, -0.25) is 0 Å². The molecule has 0 spiro atoms. The van der Waals surface area contributed by atoms with E-state index in [1.807, 2.05) is 18.2 Å². The first kappa shape index (κ1) is 12.6. The number of hydrogen-bond donors (Lipinski definition) is 1. The van der Waals surface area contributed by atoms with Gasteiger partial charge in [0.05, 0.1) is 0 Å². The number of aromatic nitrogens is 4. The highest BCUT2D eigenvalue weighted by Crippen LogP contribution is 2.30. The molecule has 3 rings (SSSR count). The number of benzene rings is 1. The molecule has 1 aromatic carbocycles. The number of nitrogens with zero attached hydrogens (tertiary/aromatic N) is 4. The summed E-state index contributed by atoms with van der Waals surface area (Å²) in [6, 6.07) is 8.01. The van der Waals surface area contributed by atoms with Crippen LogP contribution >= 0.6 is 11.6 Å². The minimum Gasteiger partial charge on any atom is -0.316 e. The van der Waals surface area contributed by atoms with Crippen LogP contribution in [0.4, 0.5) is 0 Å². The van der Waals surface area contributed by atoms with Crippen LogP contribution in [-0.2, 0) is 0 Å². The van der Waals surface area contributed by atoms with Crippen molar-refractivity contribution in [3.05, 3.63) is 41.2 Å². The summed E-state index contributed by atoms with van der Waals surface area (Å²) in [5.74, 6) is 0.460. The molecule has 2 heterocycles. The zero-order valence-corrected chi connectivity index (χ0v) is 11.3. The van der Waals surface area contributed by atoms with Gasteiger partial charge in [-0.2, -0.15) is 4.80 Å². The van der Waals surface area contributed by atoms with Gasteiger partial charge in [-0.25, -0.2) is 0 Å². The molecule has 1 fully saturated rings. The number of hydrogen-bond acceptors (Lipinski definition) is 4. The van der Waals surface area contributed by atoms with Crippen LogP contribution in [0, 0.1) is 5.92 Å². The maximum atomic E-state index is 6.11. The van der Waals surface area contributed by atoms with Crippen LogP contribution in [0.3, 0.4) is 0 Å². The van der Waals surface area contributed by atoms with Gasteiger partial charge >= 0.3 is 0 Å². The summed E-state index contributed by atoms with van der Waals surface area (Å²) in [5.41, 5.74) is 1.14. The molecule has 1 unspecified atom stereocenters. The number of nitrogens with one attached hydrogen (secondary N) is 1. The highest BCUT2D eigenvalue weighted by atomic mass is 35.5. The summed E-state index contributed by atoms with van der Waals surface area (Å²) in [6.45, 7) is 2.06. The lowest BCUT2D eigenvalue weighted by Gasteiger charge is -2.30. The maximum absolute atomic E-state index is 6.11. The predicted molar refractivity (Wildman–Crippen MR) is 73.0 cm³/mol. The average Bonchev–Trinajstić information content (AvgIpc) is 2.94. The van der Waals surface area contributed by atoms with E-state index >= 15 is 0 Å². The largest absolute Gasteiger partial charge is 0.316 e. The van der Waals surface area contributed by atoms with E-state index in [2.05, 4.69) is 26.8 Å². The smallest absolute Gasteiger partial charge is 0.162 e. The Hall–Kier alpha value is -1.46. The van der Waals surface area contributed by atoms with Gasteiger partial charge in [-0.05, 0) is 48.2 Å². The maximum Gasteiger partial charge on any atom is 0.162 e. The van der Waals surface area contributed by atoms with Gasteiger partial charge in [0.15, 0.2) is 6.33 Å². The van der Waals surface area contributed by atoms with Crippen LogP contribution < -0.4 is 5.32 Å². The normalized spacial score (nSPS) is 21.2. The van der Waals surface area contributed by atoms with E-state index in [0.717, 1.165) is 30.1 Å². The quantitative estimate of drug-likeness (QED) is 0.931. The predicted octanol–water partition coefficient (Wildman–Crippen LogP) is 1.92. The molecule has 0 radical (unpaired) electrons. The van der Waals surface area contributed by atoms with Crippen LogP contribution in [0.25, 0.3) is 0 Å².